The van der Waals surface area contributed by atoms with Crippen molar-refractivity contribution in [2.45, 2.75) is 0 Å². The van der Waals surface area contributed by atoms with E-state index in [1.807, 2.05) is 121 Å². The quantitative estimate of drug-likeness (QED) is 0.232. The van der Waals surface area contributed by atoms with Crippen molar-refractivity contribution in [3.63, 3.8) is 0 Å². The Hall–Kier alpha value is -3.40. The second-order valence-electron chi connectivity index (χ2n) is 5.64. The molecule has 152 valence electrons. The van der Waals surface area contributed by atoms with Gasteiger partial charge in [-0.1, -0.05) is 72.8 Å². The molecule has 0 aliphatic rings. The van der Waals surface area contributed by atoms with Crippen molar-refractivity contribution >= 4 is 22.7 Å². The first-order chi connectivity index (χ1) is 13.6. The SMILES string of the molecule is Nc1ccccc1.Nc1ccccc1.Nc1ccccc1.Nc1ccccc1.[Fe]. The Balaban J connectivity index is 0.000000356. The van der Waals surface area contributed by atoms with Crippen molar-refractivity contribution in [3.8, 4) is 0 Å². The van der Waals surface area contributed by atoms with Crippen molar-refractivity contribution in [3.05, 3.63) is 121 Å². The summed E-state index contributed by atoms with van der Waals surface area (Å²) < 4.78 is 0. The van der Waals surface area contributed by atoms with Crippen LogP contribution in [0.2, 0.25) is 0 Å². The summed E-state index contributed by atoms with van der Waals surface area (Å²) in [5.41, 5.74) is 24.7. The van der Waals surface area contributed by atoms with Crippen LogP contribution in [0.15, 0.2) is 121 Å². The number of nitrogens with two attached hydrogens (primary N) is 4. The van der Waals surface area contributed by atoms with Crippen LogP contribution in [0.4, 0.5) is 22.7 Å². The van der Waals surface area contributed by atoms with Crippen molar-refractivity contribution in [2.75, 3.05) is 22.9 Å². The summed E-state index contributed by atoms with van der Waals surface area (Å²) in [7, 11) is 0. The van der Waals surface area contributed by atoms with Gasteiger partial charge in [0, 0.05) is 39.8 Å². The Labute approximate surface area is 184 Å². The average Bonchev–Trinajstić information content (AvgIpc) is 2.72. The maximum Gasteiger partial charge on any atom is 0.0313 e. The Morgan fingerprint density at radius 1 is 0.276 bits per heavy atom. The zero-order chi connectivity index (χ0) is 20.5. The fourth-order valence-corrected chi connectivity index (χ4v) is 1.81. The molecular weight excluding hydrogens is 400 g/mol. The molecule has 8 N–H and O–H groups in total. The molecule has 4 aromatic carbocycles. The van der Waals surface area contributed by atoms with E-state index < -0.39 is 0 Å². The van der Waals surface area contributed by atoms with Gasteiger partial charge in [0.15, 0.2) is 0 Å². The molecule has 0 unspecified atom stereocenters. The number of para-hydroxylation sites is 4. The second-order valence-corrected chi connectivity index (χ2v) is 5.64. The molecule has 29 heavy (non-hydrogen) atoms. The van der Waals surface area contributed by atoms with Gasteiger partial charge in [-0.25, -0.2) is 0 Å². The average molecular weight is 428 g/mol. The van der Waals surface area contributed by atoms with Crippen LogP contribution >= 0.6 is 0 Å². The van der Waals surface area contributed by atoms with E-state index in [-0.39, 0.29) is 17.1 Å². The van der Waals surface area contributed by atoms with Gasteiger partial charge in [-0.2, -0.15) is 0 Å². The minimum atomic E-state index is 0. The van der Waals surface area contributed by atoms with Gasteiger partial charge in [-0.15, -0.1) is 0 Å². The van der Waals surface area contributed by atoms with Crippen LogP contribution in [0.3, 0.4) is 0 Å². The molecule has 0 atom stereocenters. The van der Waals surface area contributed by atoms with E-state index in [0.29, 0.717) is 0 Å². The maximum atomic E-state index is 5.36. The van der Waals surface area contributed by atoms with Gasteiger partial charge < -0.3 is 22.9 Å². The fraction of sp³-hybridized carbons (Fsp3) is 0. The molecule has 0 heterocycles. The number of anilines is 4. The van der Waals surface area contributed by atoms with Crippen LogP contribution < -0.4 is 22.9 Å². The molecule has 0 fully saturated rings. The number of benzene rings is 4. The Morgan fingerprint density at radius 2 is 0.414 bits per heavy atom. The zero-order valence-corrected chi connectivity index (χ0v) is 17.3. The van der Waals surface area contributed by atoms with Crippen molar-refractivity contribution < 1.29 is 17.1 Å². The first-order valence-corrected chi connectivity index (χ1v) is 8.80. The maximum absolute atomic E-state index is 5.36. The Bertz CT molecular complexity index is 693. The molecule has 0 aliphatic heterocycles. The van der Waals surface area contributed by atoms with Crippen molar-refractivity contribution in [2.24, 2.45) is 0 Å². The third-order valence-electron chi connectivity index (χ3n) is 3.20. The number of nitrogen functional groups attached to an aromatic ring is 4. The number of hydrogen-bond donors (Lipinski definition) is 4. The number of hydrogen-bond acceptors (Lipinski definition) is 4. The molecule has 0 saturated heterocycles. The van der Waals surface area contributed by atoms with Gasteiger partial charge in [0.05, 0.1) is 0 Å². The third kappa shape index (κ3) is 15.4. The fourth-order valence-electron chi connectivity index (χ4n) is 1.81. The van der Waals surface area contributed by atoms with Crippen molar-refractivity contribution in [1.29, 1.82) is 0 Å². The summed E-state index contributed by atoms with van der Waals surface area (Å²) in [6.45, 7) is 0. The van der Waals surface area contributed by atoms with Crippen LogP contribution in [0.5, 0.6) is 0 Å². The molecule has 0 spiro atoms. The largest absolute Gasteiger partial charge is 0.399 e. The van der Waals surface area contributed by atoms with E-state index in [1.54, 1.807) is 0 Å². The zero-order valence-electron chi connectivity index (χ0n) is 16.2. The van der Waals surface area contributed by atoms with E-state index in [9.17, 15) is 0 Å². The Morgan fingerprint density at radius 3 is 0.483 bits per heavy atom. The van der Waals surface area contributed by atoms with Gasteiger partial charge in [-0.3, -0.25) is 0 Å². The van der Waals surface area contributed by atoms with Crippen LogP contribution in [-0.2, 0) is 17.1 Å². The van der Waals surface area contributed by atoms with Crippen LogP contribution in [0.1, 0.15) is 0 Å². The third-order valence-corrected chi connectivity index (χ3v) is 3.20. The van der Waals surface area contributed by atoms with Gasteiger partial charge in [0.2, 0.25) is 0 Å². The van der Waals surface area contributed by atoms with Crippen LogP contribution in [0, 0.1) is 0 Å². The summed E-state index contributed by atoms with van der Waals surface area (Å²) in [5, 5.41) is 0. The topological polar surface area (TPSA) is 104 Å². The van der Waals surface area contributed by atoms with Crippen LogP contribution in [-0.4, -0.2) is 0 Å². The summed E-state index contributed by atoms with van der Waals surface area (Å²) in [6.07, 6.45) is 0. The molecule has 0 bridgehead atoms. The monoisotopic (exact) mass is 428 g/mol. The van der Waals surface area contributed by atoms with Gasteiger partial charge >= 0.3 is 0 Å². The van der Waals surface area contributed by atoms with Crippen molar-refractivity contribution in [1.82, 2.24) is 0 Å². The molecule has 0 radical (unpaired) electrons. The van der Waals surface area contributed by atoms with Gasteiger partial charge in [0.1, 0.15) is 0 Å². The first-order valence-electron chi connectivity index (χ1n) is 8.80. The minimum absolute atomic E-state index is 0. The molecule has 0 amide bonds. The van der Waals surface area contributed by atoms with Crippen LogP contribution in [0.25, 0.3) is 0 Å². The van der Waals surface area contributed by atoms with E-state index >= 15 is 0 Å². The predicted octanol–water partition coefficient (Wildman–Crippen LogP) is 5.07. The van der Waals surface area contributed by atoms with E-state index in [1.165, 1.54) is 0 Å². The molecule has 4 rings (SSSR count). The summed E-state index contributed by atoms with van der Waals surface area (Å²) in [4.78, 5) is 0. The normalized spacial score (nSPS) is 8.28. The van der Waals surface area contributed by atoms with Gasteiger partial charge in [0.25, 0.3) is 0 Å². The second kappa shape index (κ2) is 16.7. The first kappa shape index (κ1) is 25.6. The van der Waals surface area contributed by atoms with E-state index in [4.69, 9.17) is 22.9 Å². The predicted molar refractivity (Wildman–Crippen MR) is 123 cm³/mol. The van der Waals surface area contributed by atoms with Gasteiger partial charge in [-0.05, 0) is 48.5 Å². The summed E-state index contributed by atoms with van der Waals surface area (Å²) in [6, 6.07) is 37.9. The molecule has 0 saturated carbocycles. The molecule has 4 nitrogen and oxygen atoms in total. The number of rotatable bonds is 0. The standard InChI is InChI=1S/4C6H7N.Fe/c4*7-6-4-2-1-3-5-6;/h4*1-5H,7H2;. The van der Waals surface area contributed by atoms with E-state index in [2.05, 4.69) is 0 Å². The molecular formula is C24H28FeN4. The van der Waals surface area contributed by atoms with E-state index in [0.717, 1.165) is 22.7 Å². The molecule has 0 aromatic heterocycles. The Kier molecular flexibility index (Phi) is 14.8. The summed E-state index contributed by atoms with van der Waals surface area (Å²) in [5.74, 6) is 0. The minimum Gasteiger partial charge on any atom is -0.399 e. The smallest absolute Gasteiger partial charge is 0.0313 e. The molecule has 5 heteroatoms. The molecule has 4 aromatic rings. The summed E-state index contributed by atoms with van der Waals surface area (Å²) >= 11 is 0. The molecule has 0 aliphatic carbocycles.